The molecule has 1 aliphatic rings. The Balaban J connectivity index is 1.73. The Morgan fingerprint density at radius 1 is 1.03 bits per heavy atom. The van der Waals surface area contributed by atoms with Crippen LogP contribution in [-0.2, 0) is 14.8 Å². The number of hydrogen-bond donors (Lipinski definition) is 1. The summed E-state index contributed by atoms with van der Waals surface area (Å²) < 4.78 is 38.7. The van der Waals surface area contributed by atoms with Crippen LogP contribution in [0.1, 0.15) is 48.5 Å². The number of benzene rings is 2. The molecule has 0 aliphatic carbocycles. The number of sulfonamides is 1. The van der Waals surface area contributed by atoms with Crippen molar-refractivity contribution in [1.82, 2.24) is 4.31 Å². The van der Waals surface area contributed by atoms with Gasteiger partial charge in [0.25, 0.3) is 5.91 Å². The minimum absolute atomic E-state index is 0.190. The Hall–Kier alpha value is -2.91. The number of aryl methyl sites for hydroxylation is 1. The zero-order valence-electron chi connectivity index (χ0n) is 19.2. The van der Waals surface area contributed by atoms with Crippen molar-refractivity contribution < 1.29 is 27.5 Å². The number of ether oxygens (including phenoxy) is 2. The third-order valence-corrected chi connectivity index (χ3v) is 7.62. The highest BCUT2D eigenvalue weighted by Crippen LogP contribution is 2.27. The number of nitrogens with zero attached hydrogens (tertiary/aromatic N) is 1. The Labute approximate surface area is 194 Å². The highest BCUT2D eigenvalue weighted by molar-refractivity contribution is 7.89. The highest BCUT2D eigenvalue weighted by Gasteiger charge is 2.27. The van der Waals surface area contributed by atoms with Gasteiger partial charge < -0.3 is 14.8 Å². The summed E-state index contributed by atoms with van der Waals surface area (Å²) >= 11 is 0. The maximum atomic E-state index is 13.2. The van der Waals surface area contributed by atoms with Crippen molar-refractivity contribution in [2.75, 3.05) is 32.1 Å². The molecule has 1 heterocycles. The normalized spacial score (nSPS) is 14.9. The van der Waals surface area contributed by atoms with Gasteiger partial charge in [0.2, 0.25) is 10.0 Å². The van der Waals surface area contributed by atoms with Gasteiger partial charge in [0.15, 0.2) is 12.4 Å². The third-order valence-electron chi connectivity index (χ3n) is 5.58. The molecule has 2 aromatic carbocycles. The number of nitrogens with one attached hydrogen (secondary N) is 1. The van der Waals surface area contributed by atoms with Crippen molar-refractivity contribution in [1.29, 1.82) is 0 Å². The molecule has 0 saturated carbocycles. The molecule has 0 bridgehead atoms. The molecule has 0 atom stereocenters. The van der Waals surface area contributed by atoms with Gasteiger partial charge in [0.1, 0.15) is 11.5 Å². The monoisotopic (exact) mass is 474 g/mol. The maximum Gasteiger partial charge on any atom is 0.262 e. The summed E-state index contributed by atoms with van der Waals surface area (Å²) in [6, 6.07) is 9.58. The summed E-state index contributed by atoms with van der Waals surface area (Å²) in [5.74, 6) is 0.0619. The second-order valence-electron chi connectivity index (χ2n) is 8.05. The molecule has 1 saturated heterocycles. The van der Waals surface area contributed by atoms with Crippen molar-refractivity contribution in [3.63, 3.8) is 0 Å². The van der Waals surface area contributed by atoms with Gasteiger partial charge in [0, 0.05) is 24.8 Å². The summed E-state index contributed by atoms with van der Waals surface area (Å²) in [7, 11) is -2.16. The topological polar surface area (TPSA) is 102 Å². The summed E-state index contributed by atoms with van der Waals surface area (Å²) in [6.07, 6.45) is 3.75. The summed E-state index contributed by atoms with van der Waals surface area (Å²) in [5, 5.41) is 2.68. The van der Waals surface area contributed by atoms with Crippen molar-refractivity contribution in [3.05, 3.63) is 47.5 Å². The molecule has 0 radical (unpaired) electrons. The van der Waals surface area contributed by atoms with E-state index in [1.165, 1.54) is 24.4 Å². The summed E-state index contributed by atoms with van der Waals surface area (Å²) in [6.45, 7) is 3.81. The predicted molar refractivity (Wildman–Crippen MR) is 126 cm³/mol. The number of carbonyl (C=O) groups is 2. The third kappa shape index (κ3) is 6.11. The van der Waals surface area contributed by atoms with Crippen molar-refractivity contribution >= 4 is 27.4 Å². The Bertz CT molecular complexity index is 1120. The molecule has 9 heteroatoms. The fraction of sp³-hybridized carbons (Fsp3) is 0.417. The fourth-order valence-electron chi connectivity index (χ4n) is 3.76. The van der Waals surface area contributed by atoms with Crippen LogP contribution >= 0.6 is 0 Å². The molecule has 1 aliphatic heterocycles. The molecule has 1 fully saturated rings. The van der Waals surface area contributed by atoms with Crippen LogP contribution in [0.3, 0.4) is 0 Å². The maximum absolute atomic E-state index is 13.2. The average molecular weight is 475 g/mol. The number of carbonyl (C=O) groups excluding carboxylic acids is 2. The van der Waals surface area contributed by atoms with Gasteiger partial charge in [-0.25, -0.2) is 8.42 Å². The minimum Gasteiger partial charge on any atom is -0.497 e. The lowest BCUT2D eigenvalue weighted by atomic mass is 10.1. The molecule has 2 aromatic rings. The number of hydrogen-bond acceptors (Lipinski definition) is 6. The lowest BCUT2D eigenvalue weighted by molar-refractivity contribution is -0.118. The second kappa shape index (κ2) is 10.8. The van der Waals surface area contributed by atoms with Gasteiger partial charge in [-0.2, -0.15) is 4.31 Å². The van der Waals surface area contributed by atoms with Crippen LogP contribution in [0.2, 0.25) is 0 Å². The Morgan fingerprint density at radius 2 is 1.73 bits per heavy atom. The van der Waals surface area contributed by atoms with Crippen LogP contribution in [0.15, 0.2) is 41.3 Å². The SMILES string of the molecule is COc1ccc(C(C)=O)c(OCC(=O)Nc2ccc(C)c(S(=O)(=O)N3CCCCCC3)c2)c1. The molecule has 33 heavy (non-hydrogen) atoms. The van der Waals surface area contributed by atoms with E-state index in [-0.39, 0.29) is 23.0 Å². The smallest absolute Gasteiger partial charge is 0.262 e. The fourth-order valence-corrected chi connectivity index (χ4v) is 5.53. The van der Waals surface area contributed by atoms with Gasteiger partial charge in [-0.3, -0.25) is 9.59 Å². The standard InChI is InChI=1S/C24H30N2O6S/c1-17-8-9-19(14-23(17)33(29,30)26-12-6-4-5-7-13-26)25-24(28)16-32-22-15-20(31-3)10-11-21(22)18(2)27/h8-11,14-15H,4-7,12-13,16H2,1-3H3,(H,25,28). The number of ketones is 1. The molecule has 1 amide bonds. The zero-order chi connectivity index (χ0) is 24.0. The summed E-state index contributed by atoms with van der Waals surface area (Å²) in [4.78, 5) is 24.5. The van der Waals surface area contributed by atoms with Gasteiger partial charge in [-0.1, -0.05) is 18.9 Å². The van der Waals surface area contributed by atoms with E-state index in [0.717, 1.165) is 25.7 Å². The van der Waals surface area contributed by atoms with Crippen molar-refractivity contribution in [2.24, 2.45) is 0 Å². The van der Waals surface area contributed by atoms with Crippen LogP contribution in [-0.4, -0.2) is 51.2 Å². The van der Waals surface area contributed by atoms with Gasteiger partial charge in [-0.05, 0) is 56.5 Å². The molecule has 0 unspecified atom stereocenters. The first-order chi connectivity index (χ1) is 15.7. The van der Waals surface area contributed by atoms with Gasteiger partial charge >= 0.3 is 0 Å². The molecule has 8 nitrogen and oxygen atoms in total. The Kier molecular flexibility index (Phi) is 8.10. The first kappa shape index (κ1) is 24.7. The molecule has 0 aromatic heterocycles. The molecule has 178 valence electrons. The largest absolute Gasteiger partial charge is 0.497 e. The van der Waals surface area contributed by atoms with E-state index >= 15 is 0 Å². The number of Topliss-reactive ketones (excluding diaryl/α,β-unsaturated/α-hetero) is 1. The van der Waals surface area contributed by atoms with Crippen LogP contribution in [0.25, 0.3) is 0 Å². The molecular weight excluding hydrogens is 444 g/mol. The van der Waals surface area contributed by atoms with Crippen LogP contribution in [0, 0.1) is 6.92 Å². The van der Waals surface area contributed by atoms with E-state index in [1.807, 2.05) is 0 Å². The average Bonchev–Trinajstić information content (AvgIpc) is 3.09. The van der Waals surface area contributed by atoms with E-state index in [2.05, 4.69) is 5.32 Å². The summed E-state index contributed by atoms with van der Waals surface area (Å²) in [5.41, 5.74) is 1.32. The number of anilines is 1. The molecule has 3 rings (SSSR count). The molecule has 1 N–H and O–H groups in total. The zero-order valence-corrected chi connectivity index (χ0v) is 20.0. The van der Waals surface area contributed by atoms with Gasteiger partial charge in [0.05, 0.1) is 17.6 Å². The molecule has 0 spiro atoms. The number of rotatable bonds is 8. The second-order valence-corrected chi connectivity index (χ2v) is 9.96. The van der Waals surface area contributed by atoms with E-state index in [4.69, 9.17) is 9.47 Å². The van der Waals surface area contributed by atoms with E-state index < -0.39 is 15.9 Å². The lowest BCUT2D eigenvalue weighted by Gasteiger charge is -2.21. The number of methoxy groups -OCH3 is 1. The minimum atomic E-state index is -3.65. The number of amides is 1. The predicted octanol–water partition coefficient (Wildman–Crippen LogP) is 3.79. The van der Waals surface area contributed by atoms with E-state index in [0.29, 0.717) is 35.7 Å². The van der Waals surface area contributed by atoms with Crippen LogP contribution in [0.4, 0.5) is 5.69 Å². The Morgan fingerprint density at radius 3 is 2.36 bits per heavy atom. The van der Waals surface area contributed by atoms with E-state index in [9.17, 15) is 18.0 Å². The molecular formula is C24H30N2O6S. The van der Waals surface area contributed by atoms with Crippen LogP contribution in [0.5, 0.6) is 11.5 Å². The lowest BCUT2D eigenvalue weighted by Crippen LogP contribution is -2.32. The highest BCUT2D eigenvalue weighted by atomic mass is 32.2. The van der Waals surface area contributed by atoms with Crippen molar-refractivity contribution in [2.45, 2.75) is 44.4 Å². The first-order valence-corrected chi connectivity index (χ1v) is 12.4. The van der Waals surface area contributed by atoms with E-state index in [1.54, 1.807) is 37.3 Å². The van der Waals surface area contributed by atoms with Crippen molar-refractivity contribution in [3.8, 4) is 11.5 Å². The van der Waals surface area contributed by atoms with Gasteiger partial charge in [-0.15, -0.1) is 0 Å². The first-order valence-electron chi connectivity index (χ1n) is 10.9. The quantitative estimate of drug-likeness (QED) is 0.584. The van der Waals surface area contributed by atoms with Crippen LogP contribution < -0.4 is 14.8 Å².